The lowest BCUT2D eigenvalue weighted by molar-refractivity contribution is -0.120. The van der Waals surface area contributed by atoms with Gasteiger partial charge in [-0.2, -0.15) is 0 Å². The monoisotopic (exact) mass is 394 g/mol. The molecule has 0 saturated heterocycles. The van der Waals surface area contributed by atoms with E-state index in [1.165, 1.54) is 12.1 Å². The first kappa shape index (κ1) is 17.8. The fourth-order valence-corrected chi connectivity index (χ4v) is 3.17. The lowest BCUT2D eigenvalue weighted by atomic mass is 10.1. The second-order valence-electron chi connectivity index (χ2n) is 5.41. The molecule has 128 valence electrons. The number of imide groups is 1. The number of benzene rings is 2. The van der Waals surface area contributed by atoms with E-state index >= 15 is 0 Å². The molecule has 0 unspecified atom stereocenters. The van der Waals surface area contributed by atoms with Gasteiger partial charge >= 0.3 is 0 Å². The zero-order valence-electron chi connectivity index (χ0n) is 13.1. The Labute approximate surface area is 160 Å². The van der Waals surface area contributed by atoms with E-state index < -0.39 is 11.8 Å². The summed E-state index contributed by atoms with van der Waals surface area (Å²) in [5, 5.41) is 3.33. The van der Waals surface area contributed by atoms with Crippen LogP contribution in [-0.2, 0) is 16.0 Å². The molecule has 1 aliphatic rings. The average molecular weight is 396 g/mol. The van der Waals surface area contributed by atoms with Crippen LogP contribution in [0.1, 0.15) is 12.5 Å². The maximum absolute atomic E-state index is 12.7. The van der Waals surface area contributed by atoms with Crippen molar-refractivity contribution in [3.05, 3.63) is 68.8 Å². The van der Waals surface area contributed by atoms with Crippen LogP contribution in [0.4, 0.5) is 11.4 Å². The number of halogens is 3. The van der Waals surface area contributed by atoms with Crippen molar-refractivity contribution in [2.24, 2.45) is 0 Å². The lowest BCUT2D eigenvalue weighted by Crippen LogP contribution is -2.32. The van der Waals surface area contributed by atoms with Gasteiger partial charge in [0.1, 0.15) is 10.7 Å². The summed E-state index contributed by atoms with van der Waals surface area (Å²) < 4.78 is 0. The number of hydrogen-bond donors (Lipinski definition) is 1. The molecule has 0 atom stereocenters. The minimum absolute atomic E-state index is 0.0157. The van der Waals surface area contributed by atoms with Crippen molar-refractivity contribution >= 4 is 58.0 Å². The van der Waals surface area contributed by atoms with Gasteiger partial charge in [0.05, 0.1) is 10.7 Å². The molecule has 2 aromatic carbocycles. The predicted octanol–water partition coefficient (Wildman–Crippen LogP) is 4.99. The van der Waals surface area contributed by atoms with Gasteiger partial charge in [0.15, 0.2) is 0 Å². The molecule has 4 nitrogen and oxygen atoms in total. The van der Waals surface area contributed by atoms with Gasteiger partial charge in [0.2, 0.25) is 0 Å². The molecule has 0 bridgehead atoms. The molecule has 1 aliphatic heterocycles. The van der Waals surface area contributed by atoms with E-state index in [1.54, 1.807) is 6.07 Å². The predicted molar refractivity (Wildman–Crippen MR) is 101 cm³/mol. The number of hydrogen-bond acceptors (Lipinski definition) is 3. The first-order valence-corrected chi connectivity index (χ1v) is 8.65. The Morgan fingerprint density at radius 2 is 1.64 bits per heavy atom. The third-order valence-corrected chi connectivity index (χ3v) is 4.70. The molecule has 3 rings (SSSR count). The highest BCUT2D eigenvalue weighted by atomic mass is 35.5. The van der Waals surface area contributed by atoms with Crippen LogP contribution in [-0.4, -0.2) is 11.8 Å². The third-order valence-electron chi connectivity index (χ3n) is 3.81. The first-order valence-electron chi connectivity index (χ1n) is 7.52. The first-order chi connectivity index (χ1) is 11.9. The zero-order chi connectivity index (χ0) is 18.1. The van der Waals surface area contributed by atoms with Crippen LogP contribution >= 0.6 is 34.8 Å². The number of nitrogens with zero attached hydrogens (tertiary/aromatic N) is 1. The Morgan fingerprint density at radius 1 is 0.960 bits per heavy atom. The second-order valence-corrected chi connectivity index (χ2v) is 6.63. The molecule has 2 amide bonds. The van der Waals surface area contributed by atoms with Gasteiger partial charge in [0, 0.05) is 10.7 Å². The smallest absolute Gasteiger partial charge is 0.283 e. The molecular formula is C18H13Cl3N2O2. The molecule has 25 heavy (non-hydrogen) atoms. The summed E-state index contributed by atoms with van der Waals surface area (Å²) >= 11 is 18.1. The van der Waals surface area contributed by atoms with Crippen molar-refractivity contribution in [2.75, 3.05) is 10.2 Å². The molecule has 0 saturated carbocycles. The van der Waals surface area contributed by atoms with E-state index in [-0.39, 0.29) is 21.4 Å². The summed E-state index contributed by atoms with van der Waals surface area (Å²) in [6.45, 7) is 2.05. The number of aryl methyl sites for hydroxylation is 1. The van der Waals surface area contributed by atoms with Gasteiger partial charge in [-0.25, -0.2) is 4.90 Å². The molecule has 1 heterocycles. The molecule has 2 aromatic rings. The second kappa shape index (κ2) is 7.08. The summed E-state index contributed by atoms with van der Waals surface area (Å²) in [5.41, 5.74) is 2.07. The lowest BCUT2D eigenvalue weighted by Gasteiger charge is -2.16. The number of rotatable bonds is 4. The summed E-state index contributed by atoms with van der Waals surface area (Å²) in [7, 11) is 0. The number of carbonyl (C=O) groups excluding carboxylic acids is 2. The van der Waals surface area contributed by atoms with Gasteiger partial charge in [0.25, 0.3) is 11.8 Å². The average Bonchev–Trinajstić information content (AvgIpc) is 2.80. The largest absolute Gasteiger partial charge is 0.350 e. The molecule has 0 fully saturated rings. The van der Waals surface area contributed by atoms with Crippen LogP contribution in [0.5, 0.6) is 0 Å². The maximum Gasteiger partial charge on any atom is 0.283 e. The minimum atomic E-state index is -0.636. The molecule has 0 radical (unpaired) electrons. The summed E-state index contributed by atoms with van der Waals surface area (Å²) in [6, 6.07) is 12.0. The summed E-state index contributed by atoms with van der Waals surface area (Å²) in [6.07, 6.45) is 0.907. The Morgan fingerprint density at radius 3 is 2.24 bits per heavy atom. The normalized spacial score (nSPS) is 14.5. The van der Waals surface area contributed by atoms with Crippen LogP contribution in [0.25, 0.3) is 0 Å². The van der Waals surface area contributed by atoms with Crippen LogP contribution in [0.15, 0.2) is 53.2 Å². The highest BCUT2D eigenvalue weighted by Crippen LogP contribution is 2.35. The Bertz CT molecular complexity index is 892. The molecule has 0 spiro atoms. The van der Waals surface area contributed by atoms with Crippen molar-refractivity contribution in [2.45, 2.75) is 13.3 Å². The zero-order valence-corrected chi connectivity index (χ0v) is 15.4. The minimum Gasteiger partial charge on any atom is -0.350 e. The van der Waals surface area contributed by atoms with Crippen molar-refractivity contribution < 1.29 is 9.59 Å². The number of carbonyl (C=O) groups is 2. The Balaban J connectivity index is 1.90. The van der Waals surface area contributed by atoms with Crippen LogP contribution in [0.2, 0.25) is 10.0 Å². The van der Waals surface area contributed by atoms with Crippen molar-refractivity contribution in [1.82, 2.24) is 0 Å². The van der Waals surface area contributed by atoms with Gasteiger partial charge in [-0.15, -0.1) is 0 Å². The van der Waals surface area contributed by atoms with Crippen LogP contribution in [0, 0.1) is 0 Å². The molecule has 1 N–H and O–H groups in total. The molecular weight excluding hydrogens is 383 g/mol. The Kier molecular flexibility index (Phi) is 5.04. The van der Waals surface area contributed by atoms with Gasteiger partial charge in [-0.3, -0.25) is 9.59 Å². The topological polar surface area (TPSA) is 49.4 Å². The quantitative estimate of drug-likeness (QED) is 0.742. The van der Waals surface area contributed by atoms with E-state index in [1.807, 2.05) is 24.3 Å². The Hall–Kier alpha value is -2.01. The SMILES string of the molecule is CCc1ccc(NC2=C(Cl)C(=O)N(c3ccc(Cl)cc3Cl)C2=O)cc1. The summed E-state index contributed by atoms with van der Waals surface area (Å²) in [5.74, 6) is -1.21. The van der Waals surface area contributed by atoms with E-state index in [0.717, 1.165) is 16.9 Å². The third kappa shape index (κ3) is 3.38. The van der Waals surface area contributed by atoms with Gasteiger partial charge in [-0.1, -0.05) is 53.9 Å². The van der Waals surface area contributed by atoms with Gasteiger partial charge < -0.3 is 5.32 Å². The molecule has 0 aliphatic carbocycles. The highest BCUT2D eigenvalue weighted by molar-refractivity contribution is 6.53. The van der Waals surface area contributed by atoms with E-state index in [2.05, 4.69) is 12.2 Å². The van der Waals surface area contributed by atoms with E-state index in [4.69, 9.17) is 34.8 Å². The highest BCUT2D eigenvalue weighted by Gasteiger charge is 2.39. The number of amides is 2. The maximum atomic E-state index is 12.7. The van der Waals surface area contributed by atoms with Crippen molar-refractivity contribution in [1.29, 1.82) is 0 Å². The molecule has 7 heteroatoms. The number of nitrogens with one attached hydrogen (secondary N) is 1. The fourth-order valence-electron chi connectivity index (χ4n) is 2.46. The van der Waals surface area contributed by atoms with E-state index in [0.29, 0.717) is 10.7 Å². The van der Waals surface area contributed by atoms with Crippen LogP contribution < -0.4 is 10.2 Å². The summed E-state index contributed by atoms with van der Waals surface area (Å²) in [4.78, 5) is 26.1. The molecule has 0 aromatic heterocycles. The fraction of sp³-hybridized carbons (Fsp3) is 0.111. The van der Waals surface area contributed by atoms with Crippen molar-refractivity contribution in [3.63, 3.8) is 0 Å². The standard InChI is InChI=1S/C18H13Cl3N2O2/c1-2-10-3-6-12(7-4-10)22-16-15(21)17(24)23(18(16)25)14-8-5-11(19)9-13(14)20/h3-9,22H,2H2,1H3. The van der Waals surface area contributed by atoms with Gasteiger partial charge in [-0.05, 0) is 42.3 Å². The van der Waals surface area contributed by atoms with Crippen LogP contribution in [0.3, 0.4) is 0 Å². The number of anilines is 2. The van der Waals surface area contributed by atoms with Crippen molar-refractivity contribution in [3.8, 4) is 0 Å². The van der Waals surface area contributed by atoms with E-state index in [9.17, 15) is 9.59 Å².